The van der Waals surface area contributed by atoms with Crippen LogP contribution in [0.25, 0.3) is 0 Å². The van der Waals surface area contributed by atoms with Crippen LogP contribution in [-0.2, 0) is 25.7 Å². The second-order valence-electron chi connectivity index (χ2n) is 10.1. The third-order valence-corrected chi connectivity index (χ3v) is 6.42. The number of hydrogen-bond acceptors (Lipinski definition) is 5. The Morgan fingerprint density at radius 3 is 2.58 bits per heavy atom. The summed E-state index contributed by atoms with van der Waals surface area (Å²) in [6.07, 6.45) is 3.98. The molecule has 3 aliphatic heterocycles. The Morgan fingerprint density at radius 2 is 1.88 bits per heavy atom. The molecule has 3 aliphatic rings. The van der Waals surface area contributed by atoms with E-state index in [0.717, 1.165) is 30.0 Å². The van der Waals surface area contributed by atoms with Gasteiger partial charge in [-0.2, -0.15) is 0 Å². The van der Waals surface area contributed by atoms with Crippen molar-refractivity contribution in [1.82, 2.24) is 15.1 Å². The Hall–Kier alpha value is -2.80. The van der Waals surface area contributed by atoms with Crippen LogP contribution in [0.2, 0.25) is 0 Å². The van der Waals surface area contributed by atoms with Crippen LogP contribution in [0.3, 0.4) is 0 Å². The van der Waals surface area contributed by atoms with Crippen molar-refractivity contribution in [3.05, 3.63) is 59.5 Å². The highest BCUT2D eigenvalue weighted by molar-refractivity contribution is 5.92. The fourth-order valence-electron chi connectivity index (χ4n) is 4.85. The van der Waals surface area contributed by atoms with Crippen molar-refractivity contribution in [1.29, 1.82) is 0 Å². The van der Waals surface area contributed by atoms with Gasteiger partial charge in [0.2, 0.25) is 5.91 Å². The monoisotopic (exact) mass is 453 g/mol. The van der Waals surface area contributed by atoms with Crippen LogP contribution >= 0.6 is 0 Å². The predicted molar refractivity (Wildman–Crippen MR) is 126 cm³/mol. The zero-order valence-electron chi connectivity index (χ0n) is 20.2. The minimum atomic E-state index is -0.345. The van der Waals surface area contributed by atoms with Crippen molar-refractivity contribution >= 4 is 11.8 Å². The van der Waals surface area contributed by atoms with Gasteiger partial charge in [0.1, 0.15) is 11.4 Å². The van der Waals surface area contributed by atoms with E-state index in [0.29, 0.717) is 13.2 Å². The molecule has 1 aromatic carbocycles. The molecule has 7 nitrogen and oxygen atoms in total. The van der Waals surface area contributed by atoms with Gasteiger partial charge >= 0.3 is 0 Å². The fourth-order valence-corrected chi connectivity index (χ4v) is 4.85. The Kier molecular flexibility index (Phi) is 6.52. The van der Waals surface area contributed by atoms with E-state index in [1.807, 2.05) is 69.9 Å². The van der Waals surface area contributed by atoms with Crippen LogP contribution in [0.1, 0.15) is 46.6 Å². The lowest BCUT2D eigenvalue weighted by Crippen LogP contribution is -2.46. The molecule has 0 saturated carbocycles. The number of carbonyl (C=O) groups excluding carboxylic acids is 2. The maximum absolute atomic E-state index is 12.8. The van der Waals surface area contributed by atoms with Gasteiger partial charge in [-0.05, 0) is 46.6 Å². The van der Waals surface area contributed by atoms with Crippen LogP contribution < -0.4 is 5.32 Å². The summed E-state index contributed by atoms with van der Waals surface area (Å²) in [7, 11) is 0. The third kappa shape index (κ3) is 5.24. The average Bonchev–Trinajstić information content (AvgIpc) is 3.44. The van der Waals surface area contributed by atoms with E-state index >= 15 is 0 Å². The molecule has 4 rings (SSSR count). The standard InChI is InChI=1S/C26H35N3O4/c1-17-22(33-26(3,4)5)14-24(31)29(17)20-11-12-28(15-20)21-13-23(30)27-25(21)18(2)32-16-19-9-7-6-8-10-19/h6-10,13-14,17-18,20,25H,11-12,15-16H2,1-5H3,(H,27,30)/t17?,18-,20?,25?/m1/s1. The van der Waals surface area contributed by atoms with E-state index in [4.69, 9.17) is 9.47 Å². The summed E-state index contributed by atoms with van der Waals surface area (Å²) in [5, 5.41) is 3.04. The van der Waals surface area contributed by atoms with Gasteiger partial charge in [0.15, 0.2) is 0 Å². The summed E-state index contributed by atoms with van der Waals surface area (Å²) in [5.74, 6) is 0.629. The van der Waals surface area contributed by atoms with Crippen molar-refractivity contribution in [3.8, 4) is 0 Å². The molecule has 1 saturated heterocycles. The lowest BCUT2D eigenvalue weighted by Gasteiger charge is -2.33. The number of carbonyl (C=O) groups is 2. The average molecular weight is 454 g/mol. The Balaban J connectivity index is 1.39. The van der Waals surface area contributed by atoms with Gasteiger partial charge in [-0.25, -0.2) is 0 Å². The molecular formula is C26H35N3O4. The van der Waals surface area contributed by atoms with Crippen LogP contribution in [0.4, 0.5) is 0 Å². The van der Waals surface area contributed by atoms with Crippen molar-refractivity contribution in [3.63, 3.8) is 0 Å². The van der Waals surface area contributed by atoms with E-state index < -0.39 is 0 Å². The van der Waals surface area contributed by atoms with Gasteiger partial charge in [-0.15, -0.1) is 0 Å². The smallest absolute Gasteiger partial charge is 0.250 e. The SMILES string of the molecule is CC1C(OC(C)(C)C)=CC(=O)N1C1CCN(C2=CC(=O)NC2[C@@H](C)OCc2ccccc2)C1. The van der Waals surface area contributed by atoms with Gasteiger partial charge in [0.05, 0.1) is 30.8 Å². The predicted octanol–water partition coefficient (Wildman–Crippen LogP) is 2.98. The molecule has 0 aliphatic carbocycles. The van der Waals surface area contributed by atoms with E-state index in [9.17, 15) is 9.59 Å². The molecule has 178 valence electrons. The summed E-state index contributed by atoms with van der Waals surface area (Å²) < 4.78 is 12.1. The number of rotatable bonds is 7. The zero-order chi connectivity index (χ0) is 23.8. The van der Waals surface area contributed by atoms with Gasteiger partial charge in [-0.1, -0.05) is 30.3 Å². The maximum atomic E-state index is 12.8. The number of amides is 2. The van der Waals surface area contributed by atoms with E-state index in [2.05, 4.69) is 10.2 Å². The molecule has 3 heterocycles. The number of benzene rings is 1. The van der Waals surface area contributed by atoms with E-state index in [-0.39, 0.29) is 41.6 Å². The Bertz CT molecular complexity index is 950. The molecule has 1 aromatic rings. The number of hydrogen-bond donors (Lipinski definition) is 1. The first kappa shape index (κ1) is 23.4. The first-order valence-electron chi connectivity index (χ1n) is 11.8. The Morgan fingerprint density at radius 1 is 1.15 bits per heavy atom. The largest absolute Gasteiger partial charge is 0.490 e. The highest BCUT2D eigenvalue weighted by Crippen LogP contribution is 2.32. The molecule has 33 heavy (non-hydrogen) atoms. The molecular weight excluding hydrogens is 418 g/mol. The number of nitrogens with one attached hydrogen (secondary N) is 1. The summed E-state index contributed by atoms with van der Waals surface area (Å²) in [6, 6.07) is 9.79. The van der Waals surface area contributed by atoms with Crippen molar-refractivity contribution in [2.45, 2.75) is 77.5 Å². The molecule has 7 heteroatoms. The highest BCUT2D eigenvalue weighted by Gasteiger charge is 2.42. The van der Waals surface area contributed by atoms with Gasteiger partial charge in [0.25, 0.3) is 5.91 Å². The Labute approximate surface area is 196 Å². The fraction of sp³-hybridized carbons (Fsp3) is 0.538. The van der Waals surface area contributed by atoms with Crippen molar-refractivity contribution in [2.24, 2.45) is 0 Å². The van der Waals surface area contributed by atoms with E-state index in [1.54, 1.807) is 12.2 Å². The molecule has 0 bridgehead atoms. The number of likely N-dealkylation sites (tertiary alicyclic amines) is 1. The molecule has 4 atom stereocenters. The molecule has 0 aromatic heterocycles. The maximum Gasteiger partial charge on any atom is 0.250 e. The van der Waals surface area contributed by atoms with Crippen LogP contribution in [0.5, 0.6) is 0 Å². The molecule has 1 N–H and O–H groups in total. The highest BCUT2D eigenvalue weighted by atomic mass is 16.5. The van der Waals surface area contributed by atoms with Crippen molar-refractivity contribution < 1.29 is 19.1 Å². The first-order chi connectivity index (χ1) is 15.6. The van der Waals surface area contributed by atoms with Gasteiger partial charge in [-0.3, -0.25) is 9.59 Å². The van der Waals surface area contributed by atoms with Gasteiger partial charge in [0, 0.05) is 30.9 Å². The minimum absolute atomic E-state index is 0.000634. The number of nitrogens with zero attached hydrogens (tertiary/aromatic N) is 2. The molecule has 1 fully saturated rings. The zero-order valence-corrected chi connectivity index (χ0v) is 20.2. The van der Waals surface area contributed by atoms with E-state index in [1.165, 1.54) is 0 Å². The lowest BCUT2D eigenvalue weighted by atomic mass is 10.1. The summed E-state index contributed by atoms with van der Waals surface area (Å²) in [5.41, 5.74) is 1.70. The quantitative estimate of drug-likeness (QED) is 0.687. The third-order valence-electron chi connectivity index (χ3n) is 6.42. The van der Waals surface area contributed by atoms with Crippen LogP contribution in [0, 0.1) is 0 Å². The first-order valence-corrected chi connectivity index (χ1v) is 11.8. The summed E-state index contributed by atoms with van der Waals surface area (Å²) >= 11 is 0. The molecule has 0 spiro atoms. The second kappa shape index (κ2) is 9.21. The summed E-state index contributed by atoms with van der Waals surface area (Å²) in [4.78, 5) is 29.2. The normalized spacial score (nSPS) is 26.4. The minimum Gasteiger partial charge on any atom is -0.490 e. The molecule has 0 radical (unpaired) electrons. The second-order valence-corrected chi connectivity index (χ2v) is 10.1. The topological polar surface area (TPSA) is 71.1 Å². The van der Waals surface area contributed by atoms with Crippen LogP contribution in [0.15, 0.2) is 53.9 Å². The number of ether oxygens (including phenoxy) is 2. The van der Waals surface area contributed by atoms with Gasteiger partial charge < -0.3 is 24.6 Å². The lowest BCUT2D eigenvalue weighted by molar-refractivity contribution is -0.128. The van der Waals surface area contributed by atoms with Crippen LogP contribution in [-0.4, -0.2) is 64.5 Å². The molecule has 2 amide bonds. The molecule has 3 unspecified atom stereocenters. The van der Waals surface area contributed by atoms with Crippen molar-refractivity contribution in [2.75, 3.05) is 13.1 Å². The summed E-state index contributed by atoms with van der Waals surface area (Å²) in [6.45, 7) is 12.0.